The van der Waals surface area contributed by atoms with Crippen LogP contribution in [-0.4, -0.2) is 31.6 Å². The number of aromatic nitrogens is 4. The number of fused-ring (bicyclic) bond motifs is 1. The highest BCUT2D eigenvalue weighted by Gasteiger charge is 2.30. The van der Waals surface area contributed by atoms with Crippen molar-refractivity contribution in [1.29, 1.82) is 0 Å². The van der Waals surface area contributed by atoms with Crippen molar-refractivity contribution in [2.45, 2.75) is 38.0 Å². The van der Waals surface area contributed by atoms with Gasteiger partial charge in [0.05, 0.1) is 5.56 Å². The van der Waals surface area contributed by atoms with Gasteiger partial charge in [0.25, 0.3) is 0 Å². The minimum absolute atomic E-state index is 0.116. The number of hydrogen-bond donors (Lipinski definition) is 2. The number of hydrogen-bond acceptors (Lipinski definition) is 6. The van der Waals surface area contributed by atoms with Crippen molar-refractivity contribution in [3.8, 4) is 6.01 Å². The van der Waals surface area contributed by atoms with E-state index >= 15 is 0 Å². The van der Waals surface area contributed by atoms with E-state index in [2.05, 4.69) is 20.4 Å². The minimum atomic E-state index is -4.39. The van der Waals surface area contributed by atoms with Gasteiger partial charge in [-0.05, 0) is 49.9 Å². The first-order valence-corrected chi connectivity index (χ1v) is 9.41. The minimum Gasteiger partial charge on any atom is -0.460 e. The predicted molar refractivity (Wildman–Crippen MR) is 101 cm³/mol. The fraction of sp³-hybridized carbons (Fsp3) is 0.368. The van der Waals surface area contributed by atoms with E-state index in [-0.39, 0.29) is 29.9 Å². The molecule has 0 unspecified atom stereocenters. The van der Waals surface area contributed by atoms with E-state index in [0.717, 1.165) is 12.1 Å². The van der Waals surface area contributed by atoms with Crippen LogP contribution in [0.4, 0.5) is 24.8 Å². The standard InChI is InChI=1S/C19H19F3N6O2/c20-19(21,22)12-3-5-13(6-4-12)25-17-26-15-9-10-24-18(28(15)27-17)30-14-7-1-11(2-8-14)16(23)29/h3-6,9-11,14H,1-2,7-8H2,(H2,23,29)(H,25,27). The van der Waals surface area contributed by atoms with Crippen LogP contribution in [0.2, 0.25) is 0 Å². The molecule has 0 atom stereocenters. The highest BCUT2D eigenvalue weighted by atomic mass is 19.4. The molecule has 0 radical (unpaired) electrons. The zero-order valence-electron chi connectivity index (χ0n) is 15.8. The number of anilines is 2. The smallest absolute Gasteiger partial charge is 0.416 e. The largest absolute Gasteiger partial charge is 0.460 e. The summed E-state index contributed by atoms with van der Waals surface area (Å²) in [4.78, 5) is 19.8. The maximum absolute atomic E-state index is 12.7. The molecular weight excluding hydrogens is 401 g/mol. The number of rotatable bonds is 5. The van der Waals surface area contributed by atoms with Gasteiger partial charge in [0.2, 0.25) is 11.9 Å². The molecular formula is C19H19F3N6O2. The summed E-state index contributed by atoms with van der Waals surface area (Å²) in [6.07, 6.45) is -0.296. The number of amides is 1. The van der Waals surface area contributed by atoms with Crippen molar-refractivity contribution in [3.63, 3.8) is 0 Å². The molecule has 8 nitrogen and oxygen atoms in total. The second kappa shape index (κ2) is 7.81. The number of nitrogens with two attached hydrogens (primary N) is 1. The lowest BCUT2D eigenvalue weighted by atomic mass is 9.87. The zero-order valence-corrected chi connectivity index (χ0v) is 15.8. The number of carbonyl (C=O) groups excluding carboxylic acids is 1. The molecule has 1 amide bonds. The number of primary amides is 1. The maximum atomic E-state index is 12.7. The Kier molecular flexibility index (Phi) is 5.18. The van der Waals surface area contributed by atoms with E-state index in [1.54, 1.807) is 6.07 Å². The van der Waals surface area contributed by atoms with Gasteiger partial charge < -0.3 is 15.8 Å². The second-order valence-corrected chi connectivity index (χ2v) is 7.13. The Morgan fingerprint density at radius 3 is 2.47 bits per heavy atom. The van der Waals surface area contributed by atoms with Crippen LogP contribution >= 0.6 is 0 Å². The van der Waals surface area contributed by atoms with Crippen molar-refractivity contribution in [2.24, 2.45) is 11.7 Å². The third kappa shape index (κ3) is 4.29. The van der Waals surface area contributed by atoms with E-state index < -0.39 is 11.7 Å². The van der Waals surface area contributed by atoms with Crippen LogP contribution in [0, 0.1) is 5.92 Å². The van der Waals surface area contributed by atoms with Gasteiger partial charge in [-0.25, -0.2) is 4.98 Å². The maximum Gasteiger partial charge on any atom is 0.416 e. The highest BCUT2D eigenvalue weighted by Crippen LogP contribution is 2.30. The van der Waals surface area contributed by atoms with E-state index in [9.17, 15) is 18.0 Å². The average molecular weight is 420 g/mol. The molecule has 1 saturated carbocycles. The van der Waals surface area contributed by atoms with Crippen LogP contribution in [0.5, 0.6) is 6.01 Å². The Labute approximate surface area is 169 Å². The zero-order chi connectivity index (χ0) is 21.3. The number of halogens is 3. The summed E-state index contributed by atoms with van der Waals surface area (Å²) in [7, 11) is 0. The molecule has 3 N–H and O–H groups in total. The van der Waals surface area contributed by atoms with Gasteiger partial charge in [-0.15, -0.1) is 5.10 Å². The Morgan fingerprint density at radius 2 is 1.83 bits per heavy atom. The molecule has 0 aliphatic heterocycles. The summed E-state index contributed by atoms with van der Waals surface area (Å²) in [5, 5.41) is 7.17. The van der Waals surface area contributed by atoms with Gasteiger partial charge in [-0.2, -0.15) is 22.7 Å². The number of benzene rings is 1. The normalized spacial score (nSPS) is 19.6. The predicted octanol–water partition coefficient (Wildman–Crippen LogP) is 3.31. The van der Waals surface area contributed by atoms with Crippen molar-refractivity contribution >= 4 is 23.2 Å². The lowest BCUT2D eigenvalue weighted by molar-refractivity contribution is -0.137. The fourth-order valence-electron chi connectivity index (χ4n) is 3.41. The summed E-state index contributed by atoms with van der Waals surface area (Å²) < 4.78 is 45.5. The average Bonchev–Trinajstić information content (AvgIpc) is 3.11. The van der Waals surface area contributed by atoms with Crippen molar-refractivity contribution in [3.05, 3.63) is 42.1 Å². The number of nitrogens with zero attached hydrogens (tertiary/aromatic N) is 4. The van der Waals surface area contributed by atoms with Crippen LogP contribution in [0.3, 0.4) is 0 Å². The molecule has 0 bridgehead atoms. The quantitative estimate of drug-likeness (QED) is 0.656. The number of ether oxygens (including phenoxy) is 1. The Morgan fingerprint density at radius 1 is 1.13 bits per heavy atom. The summed E-state index contributed by atoms with van der Waals surface area (Å²) in [6, 6.07) is 6.47. The van der Waals surface area contributed by atoms with E-state index in [0.29, 0.717) is 37.0 Å². The third-order valence-electron chi connectivity index (χ3n) is 5.04. The molecule has 2 aromatic heterocycles. The van der Waals surface area contributed by atoms with Crippen LogP contribution in [0.1, 0.15) is 31.2 Å². The van der Waals surface area contributed by atoms with Crippen molar-refractivity contribution in [2.75, 3.05) is 5.32 Å². The topological polar surface area (TPSA) is 107 Å². The Bertz CT molecular complexity index is 1040. The van der Waals surface area contributed by atoms with Gasteiger partial charge in [-0.3, -0.25) is 4.79 Å². The summed E-state index contributed by atoms with van der Waals surface area (Å²) in [5.74, 6) is -0.214. The van der Waals surface area contributed by atoms with Crippen molar-refractivity contribution < 1.29 is 22.7 Å². The fourth-order valence-corrected chi connectivity index (χ4v) is 3.41. The van der Waals surface area contributed by atoms with E-state index in [1.165, 1.54) is 22.8 Å². The first-order chi connectivity index (χ1) is 14.3. The first-order valence-electron chi connectivity index (χ1n) is 9.41. The molecule has 30 heavy (non-hydrogen) atoms. The second-order valence-electron chi connectivity index (χ2n) is 7.13. The van der Waals surface area contributed by atoms with Gasteiger partial charge >= 0.3 is 12.2 Å². The summed E-state index contributed by atoms with van der Waals surface area (Å²) in [6.45, 7) is 0. The van der Waals surface area contributed by atoms with E-state index in [1.807, 2.05) is 0 Å². The molecule has 3 aromatic rings. The highest BCUT2D eigenvalue weighted by molar-refractivity contribution is 5.76. The monoisotopic (exact) mass is 420 g/mol. The lowest BCUT2D eigenvalue weighted by Gasteiger charge is -2.26. The molecule has 2 heterocycles. The van der Waals surface area contributed by atoms with Gasteiger partial charge in [0.1, 0.15) is 6.10 Å². The number of nitrogens with one attached hydrogen (secondary N) is 1. The Balaban J connectivity index is 1.48. The van der Waals surface area contributed by atoms with Crippen LogP contribution in [0.15, 0.2) is 36.5 Å². The summed E-state index contributed by atoms with van der Waals surface area (Å²) >= 11 is 0. The van der Waals surface area contributed by atoms with Crippen LogP contribution in [-0.2, 0) is 11.0 Å². The molecule has 1 aromatic carbocycles. The van der Waals surface area contributed by atoms with Gasteiger partial charge in [0.15, 0.2) is 5.65 Å². The Hall–Kier alpha value is -3.37. The third-order valence-corrected chi connectivity index (χ3v) is 5.04. The lowest BCUT2D eigenvalue weighted by Crippen LogP contribution is -2.32. The molecule has 4 rings (SSSR count). The summed E-state index contributed by atoms with van der Waals surface area (Å²) in [5.41, 5.74) is 5.51. The van der Waals surface area contributed by atoms with E-state index in [4.69, 9.17) is 10.5 Å². The molecule has 0 saturated heterocycles. The van der Waals surface area contributed by atoms with Gasteiger partial charge in [-0.1, -0.05) is 0 Å². The first kappa shape index (κ1) is 19.9. The SMILES string of the molecule is NC(=O)C1CCC(Oc2nccc3nc(Nc4ccc(C(F)(F)F)cc4)nn23)CC1. The molecule has 1 fully saturated rings. The molecule has 0 spiro atoms. The van der Waals surface area contributed by atoms with Gasteiger partial charge in [0, 0.05) is 23.9 Å². The molecule has 1 aliphatic carbocycles. The van der Waals surface area contributed by atoms with Crippen LogP contribution in [0.25, 0.3) is 5.65 Å². The van der Waals surface area contributed by atoms with Crippen LogP contribution < -0.4 is 15.8 Å². The molecule has 11 heteroatoms. The molecule has 158 valence electrons. The van der Waals surface area contributed by atoms with Crippen molar-refractivity contribution in [1.82, 2.24) is 19.6 Å². The number of alkyl halides is 3. The molecule has 1 aliphatic rings. The number of carbonyl (C=O) groups is 1.